The first-order valence-electron chi connectivity index (χ1n) is 6.89. The molecule has 1 N–H and O–H groups in total. The van der Waals surface area contributed by atoms with E-state index in [1.165, 1.54) is 7.11 Å². The van der Waals surface area contributed by atoms with Crippen molar-refractivity contribution in [2.45, 2.75) is 58.0 Å². The van der Waals surface area contributed by atoms with Gasteiger partial charge in [-0.05, 0) is 13.3 Å². The molecule has 106 valence electrons. The second-order valence-corrected chi connectivity index (χ2v) is 4.94. The van der Waals surface area contributed by atoms with Crippen LogP contribution < -0.4 is 0 Å². The zero-order chi connectivity index (χ0) is 14.8. The highest BCUT2D eigenvalue weighted by molar-refractivity contribution is 5.71. The highest BCUT2D eigenvalue weighted by atomic mass is 16.6. The third-order valence-corrected chi connectivity index (χ3v) is 3.48. The van der Waals surface area contributed by atoms with Crippen molar-refractivity contribution in [3.63, 3.8) is 0 Å². The summed E-state index contributed by atoms with van der Waals surface area (Å²) >= 11 is 0. The van der Waals surface area contributed by atoms with Gasteiger partial charge in [0.25, 0.3) is 0 Å². The average molecular weight is 262 g/mol. The summed E-state index contributed by atoms with van der Waals surface area (Å²) in [5.41, 5.74) is -0.981. The summed E-state index contributed by atoms with van der Waals surface area (Å²) in [6.07, 6.45) is -1.85. The minimum atomic E-state index is -1.09. The first kappa shape index (κ1) is 13.8. The molecule has 0 bridgehead atoms. The summed E-state index contributed by atoms with van der Waals surface area (Å²) in [7, 11) is 1.46. The largest absolute Gasteiger partial charge is 0.459 e. The number of hydrogen-bond acceptors (Lipinski definition) is 5. The van der Waals surface area contributed by atoms with E-state index in [0.717, 1.165) is 0 Å². The lowest BCUT2D eigenvalue weighted by molar-refractivity contribution is -0.183. The van der Waals surface area contributed by atoms with Crippen molar-refractivity contribution in [3.05, 3.63) is 0 Å². The Balaban J connectivity index is 2.93. The quantitative estimate of drug-likeness (QED) is 0.752. The minimum absolute atomic E-state index is 0.240. The third-order valence-electron chi connectivity index (χ3n) is 3.48. The fourth-order valence-electron chi connectivity index (χ4n) is 2.27. The molecule has 5 heteroatoms. The minimum Gasteiger partial charge on any atom is -0.459 e. The van der Waals surface area contributed by atoms with Crippen LogP contribution in [0.3, 0.4) is 0 Å². The normalized spacial score (nSPS) is 38.6. The summed E-state index contributed by atoms with van der Waals surface area (Å²) in [4.78, 5) is 11.7. The van der Waals surface area contributed by atoms with Crippen LogP contribution >= 0.6 is 0 Å². The van der Waals surface area contributed by atoms with Gasteiger partial charge in [0.15, 0.2) is 0 Å². The van der Waals surface area contributed by atoms with E-state index < -0.39 is 30.5 Å². The average Bonchev–Trinajstić information content (AvgIpc) is 2.61. The van der Waals surface area contributed by atoms with Crippen molar-refractivity contribution < 1.29 is 25.5 Å². The Bertz CT molecular complexity index is 322. The first-order valence-corrected chi connectivity index (χ1v) is 6.31. The molecule has 5 atom stereocenters. The molecule has 18 heavy (non-hydrogen) atoms. The van der Waals surface area contributed by atoms with Gasteiger partial charge < -0.3 is 19.3 Å². The maximum absolute atomic E-state index is 11.7. The topological polar surface area (TPSA) is 65.0 Å². The second kappa shape index (κ2) is 5.99. The van der Waals surface area contributed by atoms with Crippen LogP contribution in [0.5, 0.6) is 0 Å². The van der Waals surface area contributed by atoms with E-state index in [4.69, 9.17) is 15.6 Å². The SMILES string of the molecule is [3H][C@@H]1O[C@](CC)([C@H](C)OC(=O)C(C)C)[C@@H](OC)[C@H]1O. The van der Waals surface area contributed by atoms with Crippen molar-refractivity contribution in [2.75, 3.05) is 13.7 Å². The molecule has 1 fully saturated rings. The molecule has 0 radical (unpaired) electrons. The Morgan fingerprint density at radius 3 is 2.67 bits per heavy atom. The van der Waals surface area contributed by atoms with Crippen molar-refractivity contribution in [1.29, 1.82) is 0 Å². The molecule has 1 saturated heterocycles. The second-order valence-electron chi connectivity index (χ2n) is 4.94. The van der Waals surface area contributed by atoms with E-state index in [1.807, 2.05) is 6.92 Å². The van der Waals surface area contributed by atoms with Gasteiger partial charge in [0, 0.05) is 7.11 Å². The zero-order valence-corrected chi connectivity index (χ0v) is 11.7. The molecule has 5 nitrogen and oxygen atoms in total. The number of aliphatic hydroxyl groups excluding tert-OH is 1. The van der Waals surface area contributed by atoms with Gasteiger partial charge in [-0.2, -0.15) is 0 Å². The number of carbonyl (C=O) groups excluding carboxylic acids is 1. The summed E-state index contributed by atoms with van der Waals surface area (Å²) in [5, 5.41) is 9.94. The molecule has 0 aromatic heterocycles. The summed E-state index contributed by atoms with van der Waals surface area (Å²) in [6, 6.07) is 0. The molecule has 0 saturated carbocycles. The first-order chi connectivity index (χ1) is 8.80. The summed E-state index contributed by atoms with van der Waals surface area (Å²) < 4.78 is 23.9. The molecule has 1 rings (SSSR count). The fraction of sp³-hybridized carbons (Fsp3) is 0.923. The van der Waals surface area contributed by atoms with Crippen molar-refractivity contribution in [1.82, 2.24) is 0 Å². The third kappa shape index (κ3) is 2.68. The monoisotopic (exact) mass is 262 g/mol. The summed E-state index contributed by atoms with van der Waals surface area (Å²) in [5.74, 6) is -0.572. The molecule has 0 aromatic rings. The van der Waals surface area contributed by atoms with Crippen LogP contribution in [0.2, 0.25) is 0 Å². The van der Waals surface area contributed by atoms with Gasteiger partial charge in [0.05, 0.1) is 13.9 Å². The zero-order valence-electron chi connectivity index (χ0n) is 12.7. The van der Waals surface area contributed by atoms with Gasteiger partial charge in [0.1, 0.15) is 23.9 Å². The lowest BCUT2D eigenvalue weighted by Crippen LogP contribution is -2.53. The molecule has 1 aliphatic heterocycles. The number of ether oxygens (including phenoxy) is 3. The predicted molar refractivity (Wildman–Crippen MR) is 66.2 cm³/mol. The number of carbonyl (C=O) groups is 1. The Kier molecular flexibility index (Phi) is 4.59. The van der Waals surface area contributed by atoms with E-state index >= 15 is 0 Å². The van der Waals surface area contributed by atoms with Crippen LogP contribution in [-0.4, -0.2) is 48.7 Å². The molecule has 0 spiro atoms. The van der Waals surface area contributed by atoms with Crippen molar-refractivity contribution in [3.8, 4) is 0 Å². The standard InChI is InChI=1S/C13H24O5/c1-6-13(9(4)18-12(15)8(2)3)11(16-5)10(14)7-17-13/h8-11,14H,6-7H2,1-5H3/t9-,10-,11-,13+/m0/s1/i7T/t7-,9-,10-,11-,13+. The smallest absolute Gasteiger partial charge is 0.308 e. The number of esters is 1. The molecular weight excluding hydrogens is 236 g/mol. The van der Waals surface area contributed by atoms with Crippen molar-refractivity contribution in [2.24, 2.45) is 5.92 Å². The molecule has 0 amide bonds. The molecule has 0 unspecified atom stereocenters. The Morgan fingerprint density at radius 2 is 2.22 bits per heavy atom. The number of hydrogen-bond donors (Lipinski definition) is 1. The van der Waals surface area contributed by atoms with E-state index in [0.29, 0.717) is 6.42 Å². The Hall–Kier alpha value is -0.650. The van der Waals surface area contributed by atoms with Gasteiger partial charge in [-0.3, -0.25) is 4.79 Å². The van der Waals surface area contributed by atoms with Gasteiger partial charge in [-0.1, -0.05) is 20.8 Å². The predicted octanol–water partition coefficient (Wildman–Crippen LogP) is 1.13. The number of rotatable bonds is 5. The van der Waals surface area contributed by atoms with Crippen LogP contribution in [0.4, 0.5) is 0 Å². The lowest BCUT2D eigenvalue weighted by atomic mass is 9.87. The molecule has 0 aliphatic carbocycles. The van der Waals surface area contributed by atoms with Gasteiger partial charge in [0.2, 0.25) is 0 Å². The highest BCUT2D eigenvalue weighted by Gasteiger charge is 2.54. The molecular formula is C13H24O5. The van der Waals surface area contributed by atoms with Crippen LogP contribution in [0, 0.1) is 5.92 Å². The maximum atomic E-state index is 11.7. The van der Waals surface area contributed by atoms with E-state index in [9.17, 15) is 9.90 Å². The molecule has 0 aromatic carbocycles. The van der Waals surface area contributed by atoms with Crippen LogP contribution in [0.15, 0.2) is 0 Å². The Labute approximate surface area is 110 Å². The van der Waals surface area contributed by atoms with Crippen LogP contribution in [-0.2, 0) is 19.0 Å². The van der Waals surface area contributed by atoms with Gasteiger partial charge in [-0.15, -0.1) is 0 Å². The van der Waals surface area contributed by atoms with Gasteiger partial charge in [-0.25, -0.2) is 0 Å². The van der Waals surface area contributed by atoms with E-state index in [2.05, 4.69) is 0 Å². The fourth-order valence-corrected chi connectivity index (χ4v) is 2.27. The van der Waals surface area contributed by atoms with Crippen LogP contribution in [0.1, 0.15) is 35.5 Å². The number of aliphatic hydroxyl groups is 1. The summed E-state index contributed by atoms with van der Waals surface area (Å²) in [6.45, 7) is 5.97. The highest BCUT2D eigenvalue weighted by Crippen LogP contribution is 2.36. The van der Waals surface area contributed by atoms with E-state index in [-0.39, 0.29) is 11.9 Å². The number of methoxy groups -OCH3 is 1. The molecule has 1 aliphatic rings. The van der Waals surface area contributed by atoms with E-state index in [1.54, 1.807) is 20.8 Å². The van der Waals surface area contributed by atoms with Crippen LogP contribution in [0.25, 0.3) is 0 Å². The maximum Gasteiger partial charge on any atom is 0.308 e. The Morgan fingerprint density at radius 1 is 1.61 bits per heavy atom. The molecule has 1 heterocycles. The lowest BCUT2D eigenvalue weighted by Gasteiger charge is -2.37. The van der Waals surface area contributed by atoms with Crippen molar-refractivity contribution >= 4 is 5.97 Å². The van der Waals surface area contributed by atoms with Gasteiger partial charge >= 0.3 is 5.97 Å².